The summed E-state index contributed by atoms with van der Waals surface area (Å²) in [5, 5.41) is 4.27. The van der Waals surface area contributed by atoms with Crippen molar-refractivity contribution in [3.8, 4) is 11.4 Å². The number of aryl methyl sites for hydroxylation is 1. The molecule has 0 aromatic carbocycles. The second-order valence-corrected chi connectivity index (χ2v) is 5.23. The maximum Gasteiger partial charge on any atom is 0.220 e. The smallest absolute Gasteiger partial charge is 0.220 e. The third-order valence-corrected chi connectivity index (χ3v) is 3.93. The van der Waals surface area contributed by atoms with Gasteiger partial charge in [0.15, 0.2) is 0 Å². The fraction of sp³-hybridized carbons (Fsp3) is 0.467. The van der Waals surface area contributed by atoms with Crippen molar-refractivity contribution in [1.82, 2.24) is 24.6 Å². The van der Waals surface area contributed by atoms with Crippen LogP contribution in [0.25, 0.3) is 11.4 Å². The number of aromatic nitrogens is 4. The molecule has 0 aliphatic carbocycles. The van der Waals surface area contributed by atoms with Crippen LogP contribution in [0, 0.1) is 0 Å². The first-order valence-electron chi connectivity index (χ1n) is 7.32. The number of hydrogen-bond acceptors (Lipinski definition) is 4. The van der Waals surface area contributed by atoms with E-state index in [0.717, 1.165) is 43.0 Å². The summed E-state index contributed by atoms with van der Waals surface area (Å²) in [7, 11) is 0. The number of nitrogens with zero attached hydrogens (tertiary/aromatic N) is 5. The Hall–Kier alpha value is -2.24. The zero-order valence-corrected chi connectivity index (χ0v) is 12.4. The first-order chi connectivity index (χ1) is 10.2. The van der Waals surface area contributed by atoms with Gasteiger partial charge in [-0.25, -0.2) is 4.98 Å². The number of rotatable bonds is 3. The molecule has 3 heterocycles. The van der Waals surface area contributed by atoms with Gasteiger partial charge in [-0.1, -0.05) is 0 Å². The van der Waals surface area contributed by atoms with Crippen molar-refractivity contribution < 1.29 is 4.79 Å². The van der Waals surface area contributed by atoms with Crippen LogP contribution in [0.4, 0.5) is 0 Å². The molecule has 1 aliphatic rings. The molecule has 1 atom stereocenters. The van der Waals surface area contributed by atoms with Crippen LogP contribution in [0.2, 0.25) is 0 Å². The first kappa shape index (κ1) is 13.7. The second kappa shape index (κ2) is 5.63. The van der Waals surface area contributed by atoms with Gasteiger partial charge in [0.05, 0.1) is 29.8 Å². The zero-order chi connectivity index (χ0) is 14.8. The minimum absolute atomic E-state index is 0.0490. The molecule has 3 rings (SSSR count). The van der Waals surface area contributed by atoms with Crippen LogP contribution in [-0.2, 0) is 11.3 Å². The highest BCUT2D eigenvalue weighted by Gasteiger charge is 2.29. The van der Waals surface area contributed by atoms with Crippen molar-refractivity contribution in [3.63, 3.8) is 0 Å². The molecule has 0 saturated carbocycles. The van der Waals surface area contributed by atoms with Gasteiger partial charge in [0, 0.05) is 26.2 Å². The third-order valence-electron chi connectivity index (χ3n) is 3.93. The lowest BCUT2D eigenvalue weighted by atomic mass is 10.1. The predicted octanol–water partition coefficient (Wildman–Crippen LogP) is 2.04. The number of carbonyl (C=O) groups is 1. The zero-order valence-electron chi connectivity index (χ0n) is 12.4. The lowest BCUT2D eigenvalue weighted by Crippen LogP contribution is -2.28. The van der Waals surface area contributed by atoms with E-state index in [0.29, 0.717) is 0 Å². The summed E-state index contributed by atoms with van der Waals surface area (Å²) in [6, 6.07) is 1.99. The minimum atomic E-state index is 0.0490. The molecule has 21 heavy (non-hydrogen) atoms. The first-order valence-corrected chi connectivity index (χ1v) is 7.32. The van der Waals surface area contributed by atoms with Crippen LogP contribution in [0.15, 0.2) is 24.7 Å². The molecule has 0 spiro atoms. The van der Waals surface area contributed by atoms with E-state index in [1.165, 1.54) is 0 Å². The molecule has 0 unspecified atom stereocenters. The van der Waals surface area contributed by atoms with Crippen LogP contribution >= 0.6 is 0 Å². The summed E-state index contributed by atoms with van der Waals surface area (Å²) in [4.78, 5) is 22.6. The van der Waals surface area contributed by atoms with E-state index < -0.39 is 0 Å². The molecule has 1 amide bonds. The molecule has 2 aromatic rings. The quantitative estimate of drug-likeness (QED) is 0.865. The Balaban J connectivity index is 1.95. The highest BCUT2D eigenvalue weighted by Crippen LogP contribution is 2.31. The maximum absolute atomic E-state index is 11.7. The van der Waals surface area contributed by atoms with Gasteiger partial charge in [-0.15, -0.1) is 0 Å². The van der Waals surface area contributed by atoms with E-state index in [1.54, 1.807) is 25.5 Å². The van der Waals surface area contributed by atoms with E-state index in [1.807, 2.05) is 22.6 Å². The number of amides is 1. The van der Waals surface area contributed by atoms with Gasteiger partial charge < -0.3 is 4.90 Å². The Morgan fingerprint density at radius 1 is 1.43 bits per heavy atom. The van der Waals surface area contributed by atoms with Crippen LogP contribution in [-0.4, -0.2) is 37.1 Å². The largest absolute Gasteiger partial charge is 0.334 e. The van der Waals surface area contributed by atoms with Crippen molar-refractivity contribution >= 4 is 5.91 Å². The van der Waals surface area contributed by atoms with Crippen molar-refractivity contribution in [1.29, 1.82) is 0 Å². The number of hydrogen-bond donors (Lipinski definition) is 0. The fourth-order valence-corrected chi connectivity index (χ4v) is 2.92. The lowest BCUT2D eigenvalue weighted by molar-refractivity contribution is -0.129. The van der Waals surface area contributed by atoms with Gasteiger partial charge in [-0.2, -0.15) is 5.10 Å². The number of carbonyl (C=O) groups excluding carboxylic acids is 1. The SMILES string of the molecule is CCn1nccc1-c1cncc([C@@H]2CCCN2C(C)=O)n1. The fourth-order valence-electron chi connectivity index (χ4n) is 2.92. The Labute approximate surface area is 123 Å². The summed E-state index contributed by atoms with van der Waals surface area (Å²) in [5.74, 6) is 0.100. The average molecular weight is 285 g/mol. The normalized spacial score (nSPS) is 18.2. The molecule has 0 bridgehead atoms. The van der Waals surface area contributed by atoms with Crippen LogP contribution < -0.4 is 0 Å². The summed E-state index contributed by atoms with van der Waals surface area (Å²) in [6.45, 7) is 5.25. The van der Waals surface area contributed by atoms with Crippen LogP contribution in [0.5, 0.6) is 0 Å². The van der Waals surface area contributed by atoms with Gasteiger partial charge in [0.1, 0.15) is 5.69 Å². The highest BCUT2D eigenvalue weighted by molar-refractivity contribution is 5.74. The van der Waals surface area contributed by atoms with E-state index in [2.05, 4.69) is 10.1 Å². The summed E-state index contributed by atoms with van der Waals surface area (Å²) < 4.78 is 1.89. The molecule has 1 saturated heterocycles. The van der Waals surface area contributed by atoms with Crippen molar-refractivity contribution in [2.75, 3.05) is 6.54 Å². The summed E-state index contributed by atoms with van der Waals surface area (Å²) >= 11 is 0. The number of likely N-dealkylation sites (tertiary alicyclic amines) is 1. The average Bonchev–Trinajstić information content (AvgIpc) is 3.16. The third kappa shape index (κ3) is 2.53. The Morgan fingerprint density at radius 3 is 3.05 bits per heavy atom. The molecule has 1 fully saturated rings. The molecular formula is C15H19N5O. The van der Waals surface area contributed by atoms with Gasteiger partial charge in [0.25, 0.3) is 0 Å². The van der Waals surface area contributed by atoms with E-state index >= 15 is 0 Å². The second-order valence-electron chi connectivity index (χ2n) is 5.23. The standard InChI is InChI=1S/C15H19N5O/c1-3-20-15(6-7-17-20)13-10-16-9-12(18-13)14-5-4-8-19(14)11(2)21/h6-7,9-10,14H,3-5,8H2,1-2H3/t14-/m0/s1. The van der Waals surface area contributed by atoms with E-state index in [4.69, 9.17) is 4.98 Å². The summed E-state index contributed by atoms with van der Waals surface area (Å²) in [5.41, 5.74) is 2.63. The van der Waals surface area contributed by atoms with Gasteiger partial charge in [-0.3, -0.25) is 14.5 Å². The van der Waals surface area contributed by atoms with E-state index in [-0.39, 0.29) is 11.9 Å². The Bertz CT molecular complexity index is 651. The topological polar surface area (TPSA) is 63.9 Å². The maximum atomic E-state index is 11.7. The molecule has 2 aromatic heterocycles. The minimum Gasteiger partial charge on any atom is -0.334 e. The molecule has 6 heteroatoms. The molecule has 6 nitrogen and oxygen atoms in total. The van der Waals surface area contributed by atoms with Crippen molar-refractivity contribution in [2.24, 2.45) is 0 Å². The Morgan fingerprint density at radius 2 is 2.29 bits per heavy atom. The lowest BCUT2D eigenvalue weighted by Gasteiger charge is -2.22. The van der Waals surface area contributed by atoms with Crippen LogP contribution in [0.3, 0.4) is 0 Å². The molecule has 0 radical (unpaired) electrons. The molecule has 1 aliphatic heterocycles. The van der Waals surface area contributed by atoms with Gasteiger partial charge in [0.2, 0.25) is 5.91 Å². The van der Waals surface area contributed by atoms with E-state index in [9.17, 15) is 4.79 Å². The van der Waals surface area contributed by atoms with Gasteiger partial charge in [-0.05, 0) is 25.8 Å². The Kier molecular flexibility index (Phi) is 3.68. The molecule has 110 valence electrons. The van der Waals surface area contributed by atoms with Gasteiger partial charge >= 0.3 is 0 Å². The van der Waals surface area contributed by atoms with Crippen LogP contribution in [0.1, 0.15) is 38.4 Å². The van der Waals surface area contributed by atoms with Crippen molar-refractivity contribution in [2.45, 2.75) is 39.3 Å². The predicted molar refractivity (Wildman–Crippen MR) is 78.3 cm³/mol. The molecule has 0 N–H and O–H groups in total. The summed E-state index contributed by atoms with van der Waals surface area (Å²) in [6.07, 6.45) is 7.25. The molecular weight excluding hydrogens is 266 g/mol. The monoisotopic (exact) mass is 285 g/mol. The van der Waals surface area contributed by atoms with Crippen molar-refractivity contribution in [3.05, 3.63) is 30.4 Å². The highest BCUT2D eigenvalue weighted by atomic mass is 16.2.